The fourth-order valence-electron chi connectivity index (χ4n) is 1.87. The number of hydrogen-bond donors (Lipinski definition) is 1. The van der Waals surface area contributed by atoms with Gasteiger partial charge in [-0.2, -0.15) is 34.9 Å². The molecule has 0 aliphatic carbocycles. The van der Waals surface area contributed by atoms with Crippen molar-refractivity contribution in [3.05, 3.63) is 20.8 Å². The van der Waals surface area contributed by atoms with Gasteiger partial charge in [-0.25, -0.2) is 0 Å². The van der Waals surface area contributed by atoms with Gasteiger partial charge in [0, 0.05) is 38.4 Å². The third-order valence-corrected chi connectivity index (χ3v) is 7.23. The van der Waals surface area contributed by atoms with E-state index in [4.69, 9.17) is 0 Å². The van der Waals surface area contributed by atoms with Gasteiger partial charge in [0.1, 0.15) is 0 Å². The van der Waals surface area contributed by atoms with E-state index < -0.39 is 0 Å². The summed E-state index contributed by atoms with van der Waals surface area (Å²) in [4.78, 5) is 0. The van der Waals surface area contributed by atoms with Crippen LogP contribution in [0, 0.1) is 0 Å². The molecule has 1 N–H and O–H groups in total. The Labute approximate surface area is 118 Å². The molecule has 1 aromatic rings. The average molecular weight is 338 g/mol. The van der Waals surface area contributed by atoms with Crippen molar-refractivity contribution in [3.63, 3.8) is 0 Å². The van der Waals surface area contributed by atoms with Crippen molar-refractivity contribution in [2.75, 3.05) is 23.8 Å². The van der Waals surface area contributed by atoms with Crippen molar-refractivity contribution in [2.45, 2.75) is 18.2 Å². The first kappa shape index (κ1) is 13.3. The molecule has 0 saturated carbocycles. The van der Waals surface area contributed by atoms with Gasteiger partial charge in [0.2, 0.25) is 0 Å². The molecule has 2 atom stereocenters. The predicted molar refractivity (Wildman–Crippen MR) is 82.0 cm³/mol. The zero-order chi connectivity index (χ0) is 11.4. The highest BCUT2D eigenvalue weighted by molar-refractivity contribution is 9.10. The summed E-state index contributed by atoms with van der Waals surface area (Å²) in [5, 5.41) is 8.81. The molecule has 0 aromatic carbocycles. The molecule has 0 spiro atoms. The monoisotopic (exact) mass is 337 g/mol. The van der Waals surface area contributed by atoms with E-state index in [9.17, 15) is 0 Å². The van der Waals surface area contributed by atoms with Crippen LogP contribution in [-0.4, -0.2) is 29.1 Å². The molecule has 16 heavy (non-hydrogen) atoms. The minimum Gasteiger partial charge on any atom is -0.309 e. The van der Waals surface area contributed by atoms with Crippen LogP contribution in [0.5, 0.6) is 0 Å². The Balaban J connectivity index is 2.12. The van der Waals surface area contributed by atoms with Crippen LogP contribution in [0.25, 0.3) is 0 Å². The standard InChI is InChI=1S/C11H16BrNS3/c1-2-13-11(8-5-15-6-9(8)12)10-7-14-3-4-16-10/h5-6,10-11,13H,2-4,7H2,1H3. The van der Waals surface area contributed by atoms with Gasteiger partial charge in [-0.3, -0.25) is 0 Å². The zero-order valence-corrected chi connectivity index (χ0v) is 13.3. The first-order valence-corrected chi connectivity index (χ1v) is 9.41. The van der Waals surface area contributed by atoms with Crippen LogP contribution in [0.15, 0.2) is 15.2 Å². The summed E-state index contributed by atoms with van der Waals surface area (Å²) in [6, 6.07) is 0.503. The molecule has 90 valence electrons. The van der Waals surface area contributed by atoms with Crippen LogP contribution in [0.2, 0.25) is 0 Å². The van der Waals surface area contributed by atoms with E-state index in [2.05, 4.69) is 62.5 Å². The van der Waals surface area contributed by atoms with Crippen molar-refractivity contribution >= 4 is 50.8 Å². The largest absolute Gasteiger partial charge is 0.309 e. The fraction of sp³-hybridized carbons (Fsp3) is 0.636. The minimum atomic E-state index is 0.503. The quantitative estimate of drug-likeness (QED) is 0.891. The number of nitrogens with one attached hydrogen (secondary N) is 1. The van der Waals surface area contributed by atoms with Gasteiger partial charge in [0.15, 0.2) is 0 Å². The summed E-state index contributed by atoms with van der Waals surface area (Å²) in [6.07, 6.45) is 0. The van der Waals surface area contributed by atoms with Gasteiger partial charge in [0.05, 0.1) is 0 Å². The van der Waals surface area contributed by atoms with Crippen molar-refractivity contribution < 1.29 is 0 Å². The van der Waals surface area contributed by atoms with Crippen molar-refractivity contribution in [3.8, 4) is 0 Å². The van der Waals surface area contributed by atoms with Crippen LogP contribution in [0.4, 0.5) is 0 Å². The molecule has 1 aromatic heterocycles. The Kier molecular flexibility index (Phi) is 5.55. The number of halogens is 1. The third-order valence-electron chi connectivity index (χ3n) is 2.61. The first-order valence-electron chi connectivity index (χ1n) is 5.47. The second-order valence-corrected chi connectivity index (χ2v) is 7.79. The molecule has 0 radical (unpaired) electrons. The maximum absolute atomic E-state index is 3.66. The fourth-order valence-corrected chi connectivity index (χ4v) is 6.31. The molecule has 1 aliphatic rings. The molecule has 2 rings (SSSR count). The van der Waals surface area contributed by atoms with E-state index in [0.717, 1.165) is 6.54 Å². The van der Waals surface area contributed by atoms with E-state index in [0.29, 0.717) is 11.3 Å². The highest BCUT2D eigenvalue weighted by Gasteiger charge is 2.26. The minimum absolute atomic E-state index is 0.503. The number of rotatable bonds is 4. The second kappa shape index (κ2) is 6.69. The van der Waals surface area contributed by atoms with Gasteiger partial charge in [-0.1, -0.05) is 6.92 Å². The number of hydrogen-bond acceptors (Lipinski definition) is 4. The highest BCUT2D eigenvalue weighted by Crippen LogP contribution is 2.37. The Hall–Kier alpha value is 0.840. The zero-order valence-electron chi connectivity index (χ0n) is 9.24. The van der Waals surface area contributed by atoms with Crippen molar-refractivity contribution in [1.29, 1.82) is 0 Å². The number of thioether (sulfide) groups is 2. The van der Waals surface area contributed by atoms with E-state index in [-0.39, 0.29) is 0 Å². The van der Waals surface area contributed by atoms with E-state index in [1.54, 1.807) is 11.3 Å². The van der Waals surface area contributed by atoms with Crippen LogP contribution < -0.4 is 5.32 Å². The maximum Gasteiger partial charge on any atom is 0.0468 e. The molecule has 1 nitrogen and oxygen atoms in total. The molecule has 2 heterocycles. The Morgan fingerprint density at radius 3 is 2.94 bits per heavy atom. The van der Waals surface area contributed by atoms with E-state index in [1.807, 2.05) is 0 Å². The molecule has 0 bridgehead atoms. The first-order chi connectivity index (χ1) is 7.83. The normalized spacial score (nSPS) is 23.2. The summed E-state index contributed by atoms with van der Waals surface area (Å²) in [7, 11) is 0. The third kappa shape index (κ3) is 3.19. The molecule has 1 saturated heterocycles. The van der Waals surface area contributed by atoms with Crippen molar-refractivity contribution in [2.24, 2.45) is 0 Å². The second-order valence-electron chi connectivity index (χ2n) is 3.69. The topological polar surface area (TPSA) is 12.0 Å². The summed E-state index contributed by atoms with van der Waals surface area (Å²) in [5.74, 6) is 3.87. The van der Waals surface area contributed by atoms with Crippen LogP contribution >= 0.6 is 50.8 Å². The summed E-state index contributed by atoms with van der Waals surface area (Å²) in [5.41, 5.74) is 1.44. The van der Waals surface area contributed by atoms with Gasteiger partial charge in [-0.15, -0.1) is 0 Å². The van der Waals surface area contributed by atoms with Gasteiger partial charge < -0.3 is 5.32 Å². The van der Waals surface area contributed by atoms with Crippen LogP contribution in [0.3, 0.4) is 0 Å². The average Bonchev–Trinajstić information content (AvgIpc) is 2.73. The lowest BCUT2D eigenvalue weighted by Gasteiger charge is -2.30. The molecular weight excluding hydrogens is 322 g/mol. The van der Waals surface area contributed by atoms with E-state index in [1.165, 1.54) is 27.3 Å². The van der Waals surface area contributed by atoms with Gasteiger partial charge in [0.25, 0.3) is 0 Å². The smallest absolute Gasteiger partial charge is 0.0468 e. The Bertz CT molecular complexity index is 323. The molecule has 5 heteroatoms. The van der Waals surface area contributed by atoms with Crippen LogP contribution in [0.1, 0.15) is 18.5 Å². The van der Waals surface area contributed by atoms with Gasteiger partial charge in [-0.05, 0) is 33.4 Å². The lowest BCUT2D eigenvalue weighted by atomic mass is 10.1. The Morgan fingerprint density at radius 1 is 1.50 bits per heavy atom. The lowest BCUT2D eigenvalue weighted by molar-refractivity contribution is 0.550. The molecule has 1 fully saturated rings. The number of thiophene rings is 1. The van der Waals surface area contributed by atoms with E-state index >= 15 is 0 Å². The predicted octanol–water partition coefficient (Wildman–Crippen LogP) is 4.01. The van der Waals surface area contributed by atoms with Gasteiger partial charge >= 0.3 is 0 Å². The lowest BCUT2D eigenvalue weighted by Crippen LogP contribution is -2.33. The maximum atomic E-state index is 3.66. The van der Waals surface area contributed by atoms with Crippen molar-refractivity contribution in [1.82, 2.24) is 5.32 Å². The molecule has 0 amide bonds. The highest BCUT2D eigenvalue weighted by atomic mass is 79.9. The molecular formula is C11H16BrNS3. The van der Waals surface area contributed by atoms with Crippen LogP contribution in [-0.2, 0) is 0 Å². The Morgan fingerprint density at radius 2 is 2.38 bits per heavy atom. The summed E-state index contributed by atoms with van der Waals surface area (Å²) >= 11 is 9.65. The SMILES string of the molecule is CCNC(c1cscc1Br)C1CSCCS1. The molecule has 1 aliphatic heterocycles. The summed E-state index contributed by atoms with van der Waals surface area (Å²) < 4.78 is 1.26. The molecule has 2 unspecified atom stereocenters. The summed E-state index contributed by atoms with van der Waals surface area (Å²) in [6.45, 7) is 3.22.